The Bertz CT molecular complexity index is 1460. The van der Waals surface area contributed by atoms with Crippen molar-refractivity contribution in [1.29, 1.82) is 0 Å². The molecule has 0 aliphatic carbocycles. The first-order valence-corrected chi connectivity index (χ1v) is 12.9. The topological polar surface area (TPSA) is 97.0 Å². The van der Waals surface area contributed by atoms with E-state index in [-0.39, 0.29) is 11.3 Å². The molecule has 5 rings (SSSR count). The first-order valence-electron chi connectivity index (χ1n) is 12.9. The molecule has 0 bridgehead atoms. The lowest BCUT2D eigenvalue weighted by molar-refractivity contribution is 0.102. The predicted molar refractivity (Wildman–Crippen MR) is 149 cm³/mol. The van der Waals surface area contributed by atoms with Crippen LogP contribution in [0.15, 0.2) is 48.9 Å². The fourth-order valence-electron chi connectivity index (χ4n) is 4.46. The van der Waals surface area contributed by atoms with Crippen molar-refractivity contribution in [2.24, 2.45) is 7.05 Å². The lowest BCUT2D eigenvalue weighted by Gasteiger charge is -2.33. The normalized spacial score (nSPS) is 14.6. The van der Waals surface area contributed by atoms with Crippen molar-refractivity contribution < 1.29 is 4.79 Å². The van der Waals surface area contributed by atoms with Crippen LogP contribution in [0.3, 0.4) is 0 Å². The number of anilines is 2. The van der Waals surface area contributed by atoms with Crippen LogP contribution in [0, 0.1) is 6.92 Å². The maximum atomic E-state index is 13.1. The summed E-state index contributed by atoms with van der Waals surface area (Å²) in [6.45, 7) is 12.3. The van der Waals surface area contributed by atoms with E-state index >= 15 is 0 Å². The number of carbonyl (C=O) groups excluding carboxylic acids is 1. The van der Waals surface area contributed by atoms with Crippen LogP contribution in [0.1, 0.15) is 42.4 Å². The van der Waals surface area contributed by atoms with Gasteiger partial charge in [-0.05, 0) is 37.7 Å². The molecule has 3 aromatic heterocycles. The first kappa shape index (κ1) is 25.6. The summed E-state index contributed by atoms with van der Waals surface area (Å²) in [5.41, 5.74) is 5.84. The number of likely N-dealkylation sites (N-methyl/N-ethyl adjacent to an activating group) is 1. The van der Waals surface area contributed by atoms with Gasteiger partial charge in [0.25, 0.3) is 5.91 Å². The summed E-state index contributed by atoms with van der Waals surface area (Å²) < 4.78 is 3.41. The van der Waals surface area contributed by atoms with Gasteiger partial charge < -0.3 is 15.1 Å². The van der Waals surface area contributed by atoms with Gasteiger partial charge in [-0.1, -0.05) is 32.1 Å². The molecule has 4 aromatic rings. The van der Waals surface area contributed by atoms with Crippen molar-refractivity contribution in [3.8, 4) is 16.9 Å². The summed E-state index contributed by atoms with van der Waals surface area (Å²) in [7, 11) is 3.97. The molecule has 10 heteroatoms. The van der Waals surface area contributed by atoms with Crippen molar-refractivity contribution in [2.75, 3.05) is 43.4 Å². The van der Waals surface area contributed by atoms with Gasteiger partial charge in [-0.25, -0.2) is 4.68 Å². The van der Waals surface area contributed by atoms with Gasteiger partial charge >= 0.3 is 0 Å². The molecule has 38 heavy (non-hydrogen) atoms. The Kier molecular flexibility index (Phi) is 6.75. The van der Waals surface area contributed by atoms with Crippen molar-refractivity contribution in [1.82, 2.24) is 34.7 Å². The molecule has 1 N–H and O–H groups in total. The molecule has 4 heterocycles. The van der Waals surface area contributed by atoms with Crippen LogP contribution in [0.5, 0.6) is 0 Å². The second kappa shape index (κ2) is 10.0. The minimum absolute atomic E-state index is 0.109. The minimum atomic E-state index is -0.209. The lowest BCUT2D eigenvalue weighted by atomic mass is 9.92. The number of nitrogens with zero attached hydrogens (tertiary/aromatic N) is 8. The molecule has 1 amide bonds. The molecular weight excluding hydrogens is 478 g/mol. The zero-order valence-electron chi connectivity index (χ0n) is 22.9. The van der Waals surface area contributed by atoms with Crippen molar-refractivity contribution >= 4 is 17.4 Å². The van der Waals surface area contributed by atoms with E-state index in [1.54, 1.807) is 9.36 Å². The van der Waals surface area contributed by atoms with Gasteiger partial charge in [-0.3, -0.25) is 14.5 Å². The van der Waals surface area contributed by atoms with E-state index < -0.39 is 0 Å². The van der Waals surface area contributed by atoms with Gasteiger partial charge in [-0.2, -0.15) is 5.10 Å². The molecule has 0 unspecified atom stereocenters. The van der Waals surface area contributed by atoms with E-state index in [9.17, 15) is 4.79 Å². The highest BCUT2D eigenvalue weighted by molar-refractivity contribution is 6.04. The lowest BCUT2D eigenvalue weighted by Crippen LogP contribution is -2.44. The number of pyridine rings is 1. The van der Waals surface area contributed by atoms with Crippen LogP contribution >= 0.6 is 0 Å². The van der Waals surface area contributed by atoms with Gasteiger partial charge in [0, 0.05) is 62.0 Å². The van der Waals surface area contributed by atoms with E-state index in [2.05, 4.69) is 69.4 Å². The number of piperazine rings is 1. The van der Waals surface area contributed by atoms with E-state index in [0.717, 1.165) is 60.1 Å². The molecule has 0 saturated carbocycles. The van der Waals surface area contributed by atoms with Crippen molar-refractivity contribution in [3.05, 3.63) is 65.7 Å². The molecule has 1 saturated heterocycles. The minimum Gasteiger partial charge on any atom is -0.368 e. The summed E-state index contributed by atoms with van der Waals surface area (Å²) in [6, 6.07) is 9.61. The summed E-state index contributed by atoms with van der Waals surface area (Å²) in [6.07, 6.45) is 5.59. The second-order valence-electron chi connectivity index (χ2n) is 11.0. The fourth-order valence-corrected chi connectivity index (χ4v) is 4.46. The summed E-state index contributed by atoms with van der Waals surface area (Å²) in [4.78, 5) is 22.3. The third-order valence-electron chi connectivity index (χ3n) is 6.99. The summed E-state index contributed by atoms with van der Waals surface area (Å²) in [5.74, 6) is 0.442. The van der Waals surface area contributed by atoms with Crippen LogP contribution < -0.4 is 10.2 Å². The third kappa shape index (κ3) is 5.31. The molecule has 0 radical (unpaired) electrons. The maximum Gasteiger partial charge on any atom is 0.256 e. The van der Waals surface area contributed by atoms with Crippen molar-refractivity contribution in [3.63, 3.8) is 0 Å². The molecule has 198 valence electrons. The Balaban J connectivity index is 1.37. The molecule has 0 atom stereocenters. The monoisotopic (exact) mass is 513 g/mol. The van der Waals surface area contributed by atoms with E-state index in [0.29, 0.717) is 11.4 Å². The number of carbonyl (C=O) groups is 1. The number of nitrogens with one attached hydrogen (secondary N) is 1. The van der Waals surface area contributed by atoms with Crippen LogP contribution in [0.25, 0.3) is 16.9 Å². The predicted octanol–water partition coefficient (Wildman–Crippen LogP) is 3.67. The van der Waals surface area contributed by atoms with E-state index in [1.807, 2.05) is 56.8 Å². The molecule has 1 aromatic carbocycles. The third-order valence-corrected chi connectivity index (χ3v) is 6.99. The van der Waals surface area contributed by atoms with Crippen LogP contribution in [-0.4, -0.2) is 73.8 Å². The standard InChI is InChI=1S/C28H35N9O/c1-19-7-8-20(27(38)30-26-15-25(28(2,3)4)32-35(26)6)14-24(19)37-18-23(31-33-37)21-13-22(17-29-16-21)36-11-9-34(5)10-12-36/h7-8,13-18H,9-12H2,1-6H3,(H,30,38). The highest BCUT2D eigenvalue weighted by Crippen LogP contribution is 2.26. The smallest absolute Gasteiger partial charge is 0.256 e. The van der Waals surface area contributed by atoms with Gasteiger partial charge in [0.05, 0.1) is 29.5 Å². The maximum absolute atomic E-state index is 13.1. The number of benzene rings is 1. The number of aromatic nitrogens is 6. The first-order chi connectivity index (χ1) is 18.1. The Morgan fingerprint density at radius 2 is 1.76 bits per heavy atom. The van der Waals surface area contributed by atoms with Gasteiger partial charge in [0.2, 0.25) is 0 Å². The highest BCUT2D eigenvalue weighted by Gasteiger charge is 2.21. The Morgan fingerprint density at radius 3 is 2.47 bits per heavy atom. The van der Waals surface area contributed by atoms with Crippen LogP contribution in [-0.2, 0) is 12.5 Å². The zero-order chi connectivity index (χ0) is 27.0. The average Bonchev–Trinajstić information content (AvgIpc) is 3.52. The zero-order valence-corrected chi connectivity index (χ0v) is 22.9. The largest absolute Gasteiger partial charge is 0.368 e. The van der Waals surface area contributed by atoms with E-state index in [4.69, 9.17) is 0 Å². The summed E-state index contributed by atoms with van der Waals surface area (Å²) in [5, 5.41) is 16.3. The molecule has 1 aliphatic heterocycles. The van der Waals surface area contributed by atoms with E-state index in [1.165, 1.54) is 0 Å². The molecular formula is C28H35N9O. The quantitative estimate of drug-likeness (QED) is 0.435. The van der Waals surface area contributed by atoms with Crippen LogP contribution in [0.4, 0.5) is 11.5 Å². The second-order valence-corrected chi connectivity index (χ2v) is 11.0. The molecule has 10 nitrogen and oxygen atoms in total. The number of hydrogen-bond acceptors (Lipinski definition) is 7. The molecule has 1 aliphatic rings. The Hall–Kier alpha value is -4.05. The number of amides is 1. The SMILES string of the molecule is Cc1ccc(C(=O)Nc2cc(C(C)(C)C)nn2C)cc1-n1cc(-c2cncc(N3CCN(C)CC3)c2)nn1. The number of rotatable bonds is 5. The van der Waals surface area contributed by atoms with Gasteiger partial charge in [-0.15, -0.1) is 5.10 Å². The molecule has 1 fully saturated rings. The average molecular weight is 514 g/mol. The van der Waals surface area contributed by atoms with Gasteiger partial charge in [0.1, 0.15) is 11.5 Å². The Morgan fingerprint density at radius 1 is 1.00 bits per heavy atom. The Labute approximate surface area is 223 Å². The fraction of sp³-hybridized carbons (Fsp3) is 0.393. The molecule has 0 spiro atoms. The van der Waals surface area contributed by atoms with Crippen molar-refractivity contribution in [2.45, 2.75) is 33.1 Å². The van der Waals surface area contributed by atoms with Gasteiger partial charge in [0.15, 0.2) is 0 Å². The number of aryl methyl sites for hydroxylation is 2. The summed E-state index contributed by atoms with van der Waals surface area (Å²) >= 11 is 0. The van der Waals surface area contributed by atoms with Crippen LogP contribution in [0.2, 0.25) is 0 Å². The highest BCUT2D eigenvalue weighted by atomic mass is 16.1. The number of hydrogen-bond donors (Lipinski definition) is 1.